The number of nitrogens with zero attached hydrogens (tertiary/aromatic N) is 4. The number of hydrogen-bond donors (Lipinski definition) is 2. The molecule has 0 saturated heterocycles. The molecule has 0 amide bonds. The normalized spacial score (nSPS) is 10.1. The van der Waals surface area contributed by atoms with E-state index in [0.717, 1.165) is 16.1 Å². The Balaban J connectivity index is 2.02. The lowest BCUT2D eigenvalue weighted by Gasteiger charge is -2.03. The Labute approximate surface area is 88.3 Å². The van der Waals surface area contributed by atoms with Crippen LogP contribution in [0.4, 0.5) is 5.82 Å². The van der Waals surface area contributed by atoms with Gasteiger partial charge in [0.15, 0.2) is 0 Å². The highest BCUT2D eigenvalue weighted by Gasteiger charge is 2.00. The quantitative estimate of drug-likeness (QED) is 0.854. The van der Waals surface area contributed by atoms with Crippen molar-refractivity contribution in [2.24, 2.45) is 0 Å². The lowest BCUT2D eigenvalue weighted by atomic mass is 10.5. The van der Waals surface area contributed by atoms with Gasteiger partial charge in [-0.25, -0.2) is 15.0 Å². The van der Waals surface area contributed by atoms with Gasteiger partial charge in [0, 0.05) is 6.20 Å². The van der Waals surface area contributed by atoms with Crippen LogP contribution in [0.25, 0.3) is 0 Å². The van der Waals surface area contributed by atoms with Crippen molar-refractivity contribution in [1.29, 1.82) is 0 Å². The molecule has 72 valence electrons. The molecule has 2 aromatic heterocycles. The fourth-order valence-corrected chi connectivity index (χ4v) is 1.29. The van der Waals surface area contributed by atoms with Crippen molar-refractivity contribution < 1.29 is 0 Å². The zero-order valence-corrected chi connectivity index (χ0v) is 8.69. The minimum absolute atomic E-state index is 0.551. The van der Waals surface area contributed by atoms with Crippen molar-refractivity contribution in [3.63, 3.8) is 0 Å². The predicted molar refractivity (Wildman–Crippen MR) is 53.4 cm³/mol. The molecule has 2 heterocycles. The highest BCUT2D eigenvalue weighted by atomic mass is 79.9. The molecule has 0 aromatic carbocycles. The first-order valence-corrected chi connectivity index (χ1v) is 4.69. The van der Waals surface area contributed by atoms with E-state index in [1.807, 2.05) is 0 Å². The largest absolute Gasteiger partial charge is 0.362 e. The molecule has 0 radical (unpaired) electrons. The third kappa shape index (κ3) is 2.05. The SMILES string of the molecule is Brc1cncnc1NCc1ncn[nH]1. The summed E-state index contributed by atoms with van der Waals surface area (Å²) in [4.78, 5) is 11.9. The van der Waals surface area contributed by atoms with Gasteiger partial charge in [-0.05, 0) is 15.9 Å². The maximum atomic E-state index is 4.05. The first kappa shape index (κ1) is 9.07. The van der Waals surface area contributed by atoms with E-state index in [9.17, 15) is 0 Å². The fraction of sp³-hybridized carbons (Fsp3) is 0.143. The number of nitrogens with one attached hydrogen (secondary N) is 2. The molecule has 0 bridgehead atoms. The van der Waals surface area contributed by atoms with Crippen LogP contribution in [0, 0.1) is 0 Å². The summed E-state index contributed by atoms with van der Waals surface area (Å²) in [5.74, 6) is 1.49. The summed E-state index contributed by atoms with van der Waals surface area (Å²) in [5, 5.41) is 9.56. The monoisotopic (exact) mass is 254 g/mol. The van der Waals surface area contributed by atoms with Gasteiger partial charge in [0.05, 0.1) is 11.0 Å². The molecular weight excluding hydrogens is 248 g/mol. The number of aromatic amines is 1. The van der Waals surface area contributed by atoms with E-state index in [0.29, 0.717) is 6.54 Å². The van der Waals surface area contributed by atoms with E-state index in [-0.39, 0.29) is 0 Å². The van der Waals surface area contributed by atoms with E-state index in [1.165, 1.54) is 12.7 Å². The van der Waals surface area contributed by atoms with Gasteiger partial charge in [-0.1, -0.05) is 0 Å². The summed E-state index contributed by atoms with van der Waals surface area (Å²) in [6, 6.07) is 0. The number of H-pyrrole nitrogens is 1. The molecule has 14 heavy (non-hydrogen) atoms. The van der Waals surface area contributed by atoms with Crippen LogP contribution in [-0.2, 0) is 6.54 Å². The second-order valence-electron chi connectivity index (χ2n) is 2.51. The molecule has 0 unspecified atom stereocenters. The fourth-order valence-electron chi connectivity index (χ4n) is 0.926. The van der Waals surface area contributed by atoms with E-state index >= 15 is 0 Å². The van der Waals surface area contributed by atoms with Gasteiger partial charge in [-0.15, -0.1) is 0 Å². The highest BCUT2D eigenvalue weighted by molar-refractivity contribution is 9.10. The molecule has 7 heteroatoms. The summed E-state index contributed by atoms with van der Waals surface area (Å²) >= 11 is 3.33. The summed E-state index contributed by atoms with van der Waals surface area (Å²) in [5.41, 5.74) is 0. The minimum atomic E-state index is 0.551. The smallest absolute Gasteiger partial charge is 0.144 e. The molecule has 0 spiro atoms. The average molecular weight is 255 g/mol. The van der Waals surface area contributed by atoms with Crippen LogP contribution in [-0.4, -0.2) is 25.1 Å². The first-order chi connectivity index (χ1) is 6.86. The Morgan fingerprint density at radius 2 is 2.29 bits per heavy atom. The molecule has 0 saturated carbocycles. The topological polar surface area (TPSA) is 79.4 Å². The van der Waals surface area contributed by atoms with Crippen molar-refractivity contribution in [2.75, 3.05) is 5.32 Å². The van der Waals surface area contributed by atoms with Gasteiger partial charge in [-0.2, -0.15) is 5.10 Å². The highest BCUT2D eigenvalue weighted by Crippen LogP contribution is 2.16. The van der Waals surface area contributed by atoms with Gasteiger partial charge in [0.25, 0.3) is 0 Å². The Morgan fingerprint density at radius 1 is 1.36 bits per heavy atom. The first-order valence-electron chi connectivity index (χ1n) is 3.90. The molecule has 0 aliphatic carbocycles. The van der Waals surface area contributed by atoms with Crippen molar-refractivity contribution in [2.45, 2.75) is 6.54 Å². The third-order valence-corrected chi connectivity index (χ3v) is 2.14. The molecule has 2 rings (SSSR count). The summed E-state index contributed by atoms with van der Waals surface area (Å²) in [7, 11) is 0. The zero-order valence-electron chi connectivity index (χ0n) is 7.11. The van der Waals surface area contributed by atoms with Crippen LogP contribution < -0.4 is 5.32 Å². The van der Waals surface area contributed by atoms with Crippen LogP contribution in [0.3, 0.4) is 0 Å². The minimum Gasteiger partial charge on any atom is -0.362 e. The summed E-state index contributed by atoms with van der Waals surface area (Å²) in [6.45, 7) is 0.551. The van der Waals surface area contributed by atoms with Crippen LogP contribution >= 0.6 is 15.9 Å². The van der Waals surface area contributed by atoms with Gasteiger partial charge in [0.1, 0.15) is 24.3 Å². The Kier molecular flexibility index (Phi) is 2.68. The van der Waals surface area contributed by atoms with Gasteiger partial charge in [-0.3, -0.25) is 5.10 Å². The maximum Gasteiger partial charge on any atom is 0.144 e. The third-order valence-electron chi connectivity index (χ3n) is 1.56. The second-order valence-corrected chi connectivity index (χ2v) is 3.36. The standard InChI is InChI=1S/C7H7BrN6/c8-5-1-9-3-12-7(5)10-2-6-11-4-13-14-6/h1,3-4H,2H2,(H,9,10,12)(H,11,13,14). The van der Waals surface area contributed by atoms with Crippen LogP contribution in [0.2, 0.25) is 0 Å². The van der Waals surface area contributed by atoms with Crippen molar-refractivity contribution in [3.05, 3.63) is 29.1 Å². The van der Waals surface area contributed by atoms with E-state index < -0.39 is 0 Å². The molecular formula is C7H7BrN6. The molecule has 0 fully saturated rings. The second kappa shape index (κ2) is 4.14. The van der Waals surface area contributed by atoms with E-state index in [4.69, 9.17) is 0 Å². The molecule has 0 atom stereocenters. The van der Waals surface area contributed by atoms with Crippen molar-refractivity contribution >= 4 is 21.7 Å². The number of hydrogen-bond acceptors (Lipinski definition) is 5. The van der Waals surface area contributed by atoms with Gasteiger partial charge >= 0.3 is 0 Å². The Morgan fingerprint density at radius 3 is 3.00 bits per heavy atom. The average Bonchev–Trinajstić information content (AvgIpc) is 2.69. The van der Waals surface area contributed by atoms with E-state index in [1.54, 1.807) is 6.20 Å². The molecule has 2 aromatic rings. The lowest BCUT2D eigenvalue weighted by Crippen LogP contribution is -2.03. The molecule has 6 nitrogen and oxygen atoms in total. The number of anilines is 1. The molecule has 0 aliphatic heterocycles. The number of halogens is 1. The van der Waals surface area contributed by atoms with Crippen LogP contribution in [0.1, 0.15) is 5.82 Å². The summed E-state index contributed by atoms with van der Waals surface area (Å²) < 4.78 is 0.819. The summed E-state index contributed by atoms with van der Waals surface area (Å²) in [6.07, 6.45) is 4.62. The maximum absolute atomic E-state index is 4.05. The van der Waals surface area contributed by atoms with Gasteiger partial charge in [0.2, 0.25) is 0 Å². The van der Waals surface area contributed by atoms with Crippen LogP contribution in [0.5, 0.6) is 0 Å². The lowest BCUT2D eigenvalue weighted by molar-refractivity contribution is 0.943. The van der Waals surface area contributed by atoms with Crippen LogP contribution in [0.15, 0.2) is 23.3 Å². The molecule has 0 aliphatic rings. The van der Waals surface area contributed by atoms with E-state index in [2.05, 4.69) is 46.4 Å². The number of aromatic nitrogens is 5. The van der Waals surface area contributed by atoms with Crippen molar-refractivity contribution in [1.82, 2.24) is 25.1 Å². The number of rotatable bonds is 3. The Bertz CT molecular complexity index is 400. The molecule has 2 N–H and O–H groups in total. The Hall–Kier alpha value is -1.50. The van der Waals surface area contributed by atoms with Gasteiger partial charge < -0.3 is 5.32 Å². The predicted octanol–water partition coefficient (Wildman–Crippen LogP) is 0.969. The zero-order chi connectivity index (χ0) is 9.80. The van der Waals surface area contributed by atoms with Crippen molar-refractivity contribution in [3.8, 4) is 0 Å².